The number of rotatable bonds is 7. The molecule has 0 aliphatic carbocycles. The number of halogens is 1. The maximum Gasteiger partial charge on any atom is 0.165 e. The lowest BCUT2D eigenvalue weighted by atomic mass is 10.3. The fourth-order valence-corrected chi connectivity index (χ4v) is 1.62. The van der Waals surface area contributed by atoms with E-state index in [4.69, 9.17) is 4.74 Å². The standard InChI is InChI=1S/C13H17FN4O2/c1-18-9-16-17-13(18)7-15-6-10(19)8-20-12-5-3-2-4-11(12)14/h2-5,9-10,15,19H,6-8H2,1H3. The first-order valence-corrected chi connectivity index (χ1v) is 6.26. The summed E-state index contributed by atoms with van der Waals surface area (Å²) in [4.78, 5) is 0. The van der Waals surface area contributed by atoms with Crippen molar-refractivity contribution in [3.63, 3.8) is 0 Å². The highest BCUT2D eigenvalue weighted by molar-refractivity contribution is 5.23. The molecule has 2 N–H and O–H groups in total. The van der Waals surface area contributed by atoms with Crippen molar-refractivity contribution in [2.45, 2.75) is 12.6 Å². The van der Waals surface area contributed by atoms with Crippen molar-refractivity contribution < 1.29 is 14.2 Å². The molecule has 108 valence electrons. The second-order valence-corrected chi connectivity index (χ2v) is 4.38. The minimum atomic E-state index is -0.733. The number of aliphatic hydroxyl groups excluding tert-OH is 1. The van der Waals surface area contributed by atoms with Gasteiger partial charge < -0.3 is 19.7 Å². The van der Waals surface area contributed by atoms with Crippen LogP contribution in [0.3, 0.4) is 0 Å². The molecule has 0 saturated heterocycles. The third-order valence-corrected chi connectivity index (χ3v) is 2.74. The van der Waals surface area contributed by atoms with Gasteiger partial charge in [0.15, 0.2) is 11.6 Å². The third kappa shape index (κ3) is 4.01. The highest BCUT2D eigenvalue weighted by Crippen LogP contribution is 2.15. The van der Waals surface area contributed by atoms with Crippen LogP contribution in [-0.4, -0.2) is 39.1 Å². The molecule has 1 aromatic carbocycles. The fourth-order valence-electron chi connectivity index (χ4n) is 1.62. The average Bonchev–Trinajstić information content (AvgIpc) is 2.84. The number of benzene rings is 1. The first kappa shape index (κ1) is 14.4. The maximum atomic E-state index is 13.3. The molecular weight excluding hydrogens is 263 g/mol. The van der Waals surface area contributed by atoms with Gasteiger partial charge in [-0.05, 0) is 12.1 Å². The lowest BCUT2D eigenvalue weighted by molar-refractivity contribution is 0.104. The van der Waals surface area contributed by atoms with E-state index in [-0.39, 0.29) is 12.4 Å². The van der Waals surface area contributed by atoms with Gasteiger partial charge >= 0.3 is 0 Å². The summed E-state index contributed by atoms with van der Waals surface area (Å²) < 4.78 is 20.3. The molecule has 1 atom stereocenters. The van der Waals surface area contributed by atoms with Crippen molar-refractivity contribution in [2.24, 2.45) is 7.05 Å². The van der Waals surface area contributed by atoms with Gasteiger partial charge in [-0.25, -0.2) is 4.39 Å². The van der Waals surface area contributed by atoms with E-state index in [9.17, 15) is 9.50 Å². The Kier molecular flexibility index (Phi) is 5.03. The van der Waals surface area contributed by atoms with Gasteiger partial charge in [-0.15, -0.1) is 10.2 Å². The molecule has 0 radical (unpaired) electrons. The van der Waals surface area contributed by atoms with Gasteiger partial charge in [-0.1, -0.05) is 12.1 Å². The van der Waals surface area contributed by atoms with E-state index in [0.717, 1.165) is 5.82 Å². The number of aryl methyl sites for hydroxylation is 1. The quantitative estimate of drug-likeness (QED) is 0.772. The average molecular weight is 280 g/mol. The van der Waals surface area contributed by atoms with Crippen LogP contribution in [0, 0.1) is 5.82 Å². The summed E-state index contributed by atoms with van der Waals surface area (Å²) in [6, 6.07) is 6.10. The van der Waals surface area contributed by atoms with E-state index < -0.39 is 11.9 Å². The summed E-state index contributed by atoms with van der Waals surface area (Å²) in [5.41, 5.74) is 0. The molecule has 0 spiro atoms. The van der Waals surface area contributed by atoms with Gasteiger partial charge in [0.25, 0.3) is 0 Å². The van der Waals surface area contributed by atoms with Crippen molar-refractivity contribution >= 4 is 0 Å². The first-order valence-electron chi connectivity index (χ1n) is 6.26. The summed E-state index contributed by atoms with van der Waals surface area (Å²) in [5.74, 6) is 0.471. The summed E-state index contributed by atoms with van der Waals surface area (Å²) in [6.07, 6.45) is 0.872. The van der Waals surface area contributed by atoms with Gasteiger partial charge in [0, 0.05) is 13.6 Å². The van der Waals surface area contributed by atoms with Crippen molar-refractivity contribution in [1.82, 2.24) is 20.1 Å². The van der Waals surface area contributed by atoms with Crippen LogP contribution in [0.1, 0.15) is 5.82 Å². The van der Waals surface area contributed by atoms with E-state index in [1.54, 1.807) is 23.0 Å². The predicted octanol–water partition coefficient (Wildman–Crippen LogP) is 0.484. The second-order valence-electron chi connectivity index (χ2n) is 4.38. The highest BCUT2D eigenvalue weighted by atomic mass is 19.1. The molecule has 0 fully saturated rings. The van der Waals surface area contributed by atoms with E-state index in [2.05, 4.69) is 15.5 Å². The van der Waals surface area contributed by atoms with Crippen LogP contribution in [0.2, 0.25) is 0 Å². The zero-order valence-electron chi connectivity index (χ0n) is 11.2. The monoisotopic (exact) mass is 280 g/mol. The van der Waals surface area contributed by atoms with Gasteiger partial charge in [-0.2, -0.15) is 0 Å². The molecule has 1 heterocycles. The van der Waals surface area contributed by atoms with E-state index in [1.165, 1.54) is 12.1 Å². The summed E-state index contributed by atoms with van der Waals surface area (Å²) in [6.45, 7) is 0.835. The molecule has 6 nitrogen and oxygen atoms in total. The van der Waals surface area contributed by atoms with Gasteiger partial charge in [0.1, 0.15) is 24.9 Å². The van der Waals surface area contributed by atoms with Crippen molar-refractivity contribution in [3.05, 3.63) is 42.2 Å². The topological polar surface area (TPSA) is 72.2 Å². The lowest BCUT2D eigenvalue weighted by Crippen LogP contribution is -2.31. The van der Waals surface area contributed by atoms with Crippen LogP contribution in [-0.2, 0) is 13.6 Å². The Morgan fingerprint density at radius 1 is 1.45 bits per heavy atom. The van der Waals surface area contributed by atoms with Gasteiger partial charge in [0.2, 0.25) is 0 Å². The fraction of sp³-hybridized carbons (Fsp3) is 0.385. The Labute approximate surface area is 116 Å². The molecule has 2 aromatic rings. The number of ether oxygens (including phenoxy) is 1. The molecule has 2 rings (SSSR count). The van der Waals surface area contributed by atoms with Crippen molar-refractivity contribution in [1.29, 1.82) is 0 Å². The third-order valence-electron chi connectivity index (χ3n) is 2.74. The highest BCUT2D eigenvalue weighted by Gasteiger charge is 2.08. The second kappa shape index (κ2) is 6.97. The largest absolute Gasteiger partial charge is 0.488 e. The van der Waals surface area contributed by atoms with Crippen LogP contribution in [0.25, 0.3) is 0 Å². The van der Waals surface area contributed by atoms with Crippen LogP contribution in [0.15, 0.2) is 30.6 Å². The smallest absolute Gasteiger partial charge is 0.165 e. The molecule has 0 aliphatic heterocycles. The maximum absolute atomic E-state index is 13.3. The van der Waals surface area contributed by atoms with Crippen molar-refractivity contribution in [2.75, 3.05) is 13.2 Å². The molecule has 0 amide bonds. The summed E-state index contributed by atoms with van der Waals surface area (Å²) >= 11 is 0. The molecule has 1 unspecified atom stereocenters. The first-order chi connectivity index (χ1) is 9.66. The zero-order valence-corrected chi connectivity index (χ0v) is 11.2. The van der Waals surface area contributed by atoms with Crippen LogP contribution in [0.4, 0.5) is 4.39 Å². The molecular formula is C13H17FN4O2. The zero-order chi connectivity index (χ0) is 14.4. The van der Waals surface area contributed by atoms with Gasteiger partial charge in [0.05, 0.1) is 6.54 Å². The predicted molar refractivity (Wildman–Crippen MR) is 70.6 cm³/mol. The Morgan fingerprint density at radius 2 is 2.25 bits per heavy atom. The Balaban J connectivity index is 1.69. The van der Waals surface area contributed by atoms with Crippen LogP contribution >= 0.6 is 0 Å². The Morgan fingerprint density at radius 3 is 2.95 bits per heavy atom. The molecule has 20 heavy (non-hydrogen) atoms. The summed E-state index contributed by atoms with van der Waals surface area (Å²) in [7, 11) is 1.84. The summed E-state index contributed by atoms with van der Waals surface area (Å²) in [5, 5.41) is 20.4. The number of para-hydroxylation sites is 1. The molecule has 1 aromatic heterocycles. The number of nitrogens with zero attached hydrogens (tertiary/aromatic N) is 3. The normalized spacial score (nSPS) is 12.3. The number of hydrogen-bond acceptors (Lipinski definition) is 5. The van der Waals surface area contributed by atoms with Crippen LogP contribution in [0.5, 0.6) is 5.75 Å². The number of aromatic nitrogens is 3. The van der Waals surface area contributed by atoms with Crippen molar-refractivity contribution in [3.8, 4) is 5.75 Å². The lowest BCUT2D eigenvalue weighted by Gasteiger charge is -2.13. The van der Waals surface area contributed by atoms with E-state index in [1.807, 2.05) is 7.05 Å². The van der Waals surface area contributed by atoms with Crippen LogP contribution < -0.4 is 10.1 Å². The van der Waals surface area contributed by atoms with E-state index >= 15 is 0 Å². The number of hydrogen-bond donors (Lipinski definition) is 2. The Bertz CT molecular complexity index is 547. The minimum absolute atomic E-state index is 0.0206. The number of aliphatic hydroxyl groups is 1. The molecule has 0 saturated carbocycles. The van der Waals surface area contributed by atoms with Gasteiger partial charge in [-0.3, -0.25) is 0 Å². The minimum Gasteiger partial charge on any atom is -0.488 e. The SMILES string of the molecule is Cn1cnnc1CNCC(O)COc1ccccc1F. The molecule has 7 heteroatoms. The molecule has 0 aliphatic rings. The van der Waals surface area contributed by atoms with E-state index in [0.29, 0.717) is 13.1 Å². The Hall–Kier alpha value is -1.99. The number of nitrogens with one attached hydrogen (secondary N) is 1. The molecule has 0 bridgehead atoms.